The van der Waals surface area contributed by atoms with Crippen LogP contribution in [-0.2, 0) is 26.2 Å². The van der Waals surface area contributed by atoms with Crippen molar-refractivity contribution in [2.75, 3.05) is 13.6 Å². The fraction of sp³-hybridized carbons (Fsp3) is 0.364. The molecule has 0 heterocycles. The van der Waals surface area contributed by atoms with E-state index in [0.717, 1.165) is 14.3 Å². The van der Waals surface area contributed by atoms with E-state index in [0.29, 0.717) is 5.02 Å². The van der Waals surface area contributed by atoms with Gasteiger partial charge in [-0.05, 0) is 62.7 Å². The van der Waals surface area contributed by atoms with E-state index in [1.54, 1.807) is 6.92 Å². The Bertz CT molecular complexity index is 1060. The maximum atomic E-state index is 13.2. The largest absolute Gasteiger partial charge is 0.352 e. The van der Waals surface area contributed by atoms with Gasteiger partial charge in [-0.2, -0.15) is 4.31 Å². The highest BCUT2D eigenvalue weighted by molar-refractivity contribution is 9.10. The second kappa shape index (κ2) is 11.3. The lowest BCUT2D eigenvalue weighted by Gasteiger charge is -2.30. The van der Waals surface area contributed by atoms with E-state index in [9.17, 15) is 18.0 Å². The molecule has 2 amide bonds. The highest BCUT2D eigenvalue weighted by atomic mass is 79.9. The Balaban J connectivity index is 2.27. The molecule has 0 fully saturated rings. The van der Waals surface area contributed by atoms with Crippen LogP contribution in [-0.4, -0.2) is 55.1 Å². The topological polar surface area (TPSA) is 86.8 Å². The highest BCUT2D eigenvalue weighted by Crippen LogP contribution is 2.19. The summed E-state index contributed by atoms with van der Waals surface area (Å²) in [5, 5.41) is 3.21. The average Bonchev–Trinajstić information content (AvgIpc) is 2.71. The molecule has 7 nitrogen and oxygen atoms in total. The Morgan fingerprint density at radius 2 is 1.72 bits per heavy atom. The molecule has 0 aliphatic carbocycles. The number of halogens is 2. The van der Waals surface area contributed by atoms with Crippen LogP contribution in [0.2, 0.25) is 5.02 Å². The smallest absolute Gasteiger partial charge is 0.243 e. The number of hydrogen-bond donors (Lipinski definition) is 1. The summed E-state index contributed by atoms with van der Waals surface area (Å²) in [6.07, 6.45) is 0. The first-order valence-corrected chi connectivity index (χ1v) is 12.6. The quantitative estimate of drug-likeness (QED) is 0.522. The van der Waals surface area contributed by atoms with Gasteiger partial charge in [-0.15, -0.1) is 0 Å². The molecule has 1 atom stereocenters. The summed E-state index contributed by atoms with van der Waals surface area (Å²) in [6.45, 7) is 5.02. The van der Waals surface area contributed by atoms with Gasteiger partial charge in [0.15, 0.2) is 0 Å². The van der Waals surface area contributed by atoms with E-state index in [1.807, 2.05) is 38.1 Å². The molecule has 0 saturated carbocycles. The SMILES string of the molecule is CC(C)NC(=O)[C@@H](C)N(Cc1cccc(Br)c1)C(=O)CN(C)S(=O)(=O)c1ccc(Cl)cc1. The summed E-state index contributed by atoms with van der Waals surface area (Å²) in [4.78, 5) is 27.3. The average molecular weight is 545 g/mol. The third kappa shape index (κ3) is 7.03. The van der Waals surface area contributed by atoms with Crippen molar-refractivity contribution in [1.82, 2.24) is 14.5 Å². The predicted octanol–water partition coefficient (Wildman–Crippen LogP) is 3.66. The van der Waals surface area contributed by atoms with Gasteiger partial charge < -0.3 is 10.2 Å². The Morgan fingerprint density at radius 3 is 2.28 bits per heavy atom. The fourth-order valence-corrected chi connectivity index (χ4v) is 4.67. The third-order valence-corrected chi connectivity index (χ3v) is 7.28. The molecule has 0 unspecified atom stereocenters. The Morgan fingerprint density at radius 1 is 1.09 bits per heavy atom. The van der Waals surface area contributed by atoms with Crippen LogP contribution in [0.5, 0.6) is 0 Å². The molecule has 0 aromatic heterocycles. The van der Waals surface area contributed by atoms with E-state index in [1.165, 1.54) is 36.2 Å². The van der Waals surface area contributed by atoms with Gasteiger partial charge in [-0.3, -0.25) is 9.59 Å². The minimum absolute atomic E-state index is 0.0290. The van der Waals surface area contributed by atoms with Gasteiger partial charge in [0.1, 0.15) is 6.04 Å². The third-order valence-electron chi connectivity index (χ3n) is 4.72. The number of rotatable bonds is 9. The summed E-state index contributed by atoms with van der Waals surface area (Å²) in [5.41, 5.74) is 0.806. The van der Waals surface area contributed by atoms with Crippen LogP contribution < -0.4 is 5.32 Å². The van der Waals surface area contributed by atoms with Gasteiger partial charge in [0.05, 0.1) is 11.4 Å². The van der Waals surface area contributed by atoms with E-state index < -0.39 is 28.5 Å². The van der Waals surface area contributed by atoms with Crippen molar-refractivity contribution in [3.63, 3.8) is 0 Å². The van der Waals surface area contributed by atoms with Crippen LogP contribution in [0, 0.1) is 0 Å². The molecule has 0 bridgehead atoms. The van der Waals surface area contributed by atoms with Crippen LogP contribution in [0.25, 0.3) is 0 Å². The molecule has 2 rings (SSSR count). The number of sulfonamides is 1. The summed E-state index contributed by atoms with van der Waals surface area (Å²) >= 11 is 9.25. The summed E-state index contributed by atoms with van der Waals surface area (Å²) in [6, 6.07) is 12.2. The number of likely N-dealkylation sites (N-methyl/N-ethyl adjacent to an activating group) is 1. The molecule has 2 aromatic carbocycles. The molecule has 2 aromatic rings. The zero-order chi connectivity index (χ0) is 24.1. The van der Waals surface area contributed by atoms with Gasteiger partial charge in [0.25, 0.3) is 0 Å². The number of benzene rings is 2. The number of hydrogen-bond acceptors (Lipinski definition) is 4. The van der Waals surface area contributed by atoms with E-state index in [4.69, 9.17) is 11.6 Å². The van der Waals surface area contributed by atoms with Crippen molar-refractivity contribution in [2.45, 2.75) is 44.3 Å². The molecule has 1 N–H and O–H groups in total. The van der Waals surface area contributed by atoms with Gasteiger partial charge in [-0.1, -0.05) is 39.7 Å². The maximum Gasteiger partial charge on any atom is 0.243 e. The predicted molar refractivity (Wildman–Crippen MR) is 129 cm³/mol. The van der Waals surface area contributed by atoms with Crippen molar-refractivity contribution in [1.29, 1.82) is 0 Å². The number of nitrogens with zero attached hydrogens (tertiary/aromatic N) is 2. The zero-order valence-electron chi connectivity index (χ0n) is 18.4. The normalized spacial score (nSPS) is 12.6. The molecule has 10 heteroatoms. The first-order valence-electron chi connectivity index (χ1n) is 9.98. The molecule has 0 aliphatic rings. The lowest BCUT2D eigenvalue weighted by Crippen LogP contribution is -2.51. The van der Waals surface area contributed by atoms with Gasteiger partial charge in [0.2, 0.25) is 21.8 Å². The zero-order valence-corrected chi connectivity index (χ0v) is 21.5. The molecule has 0 radical (unpaired) electrons. The number of nitrogens with one attached hydrogen (secondary N) is 1. The van der Waals surface area contributed by atoms with E-state index in [2.05, 4.69) is 21.2 Å². The number of amides is 2. The van der Waals surface area contributed by atoms with Crippen LogP contribution >= 0.6 is 27.5 Å². The molecule has 0 saturated heterocycles. The molecular formula is C22H27BrClN3O4S. The van der Waals surface area contributed by atoms with Crippen molar-refractivity contribution >= 4 is 49.4 Å². The van der Waals surface area contributed by atoms with Crippen LogP contribution in [0.3, 0.4) is 0 Å². The van der Waals surface area contributed by atoms with Crippen molar-refractivity contribution in [3.05, 3.63) is 63.6 Å². The number of carbonyl (C=O) groups excluding carboxylic acids is 2. The molecular weight excluding hydrogens is 518 g/mol. The Kier molecular flexibility index (Phi) is 9.27. The minimum atomic E-state index is -3.91. The van der Waals surface area contributed by atoms with Gasteiger partial charge >= 0.3 is 0 Å². The lowest BCUT2D eigenvalue weighted by atomic mass is 10.1. The first kappa shape index (κ1) is 26.3. The van der Waals surface area contributed by atoms with E-state index in [-0.39, 0.29) is 23.4 Å². The second-order valence-corrected chi connectivity index (χ2v) is 11.1. The van der Waals surface area contributed by atoms with E-state index >= 15 is 0 Å². The summed E-state index contributed by atoms with van der Waals surface area (Å²) in [5.74, 6) is -0.803. The summed E-state index contributed by atoms with van der Waals surface area (Å²) in [7, 11) is -2.58. The first-order chi connectivity index (χ1) is 14.9. The minimum Gasteiger partial charge on any atom is -0.352 e. The fourth-order valence-electron chi connectivity index (χ4n) is 2.97. The summed E-state index contributed by atoms with van der Waals surface area (Å²) < 4.78 is 27.6. The monoisotopic (exact) mass is 543 g/mol. The lowest BCUT2D eigenvalue weighted by molar-refractivity contribution is -0.140. The number of carbonyl (C=O) groups is 2. The van der Waals surface area contributed by atoms with Crippen molar-refractivity contribution < 1.29 is 18.0 Å². The molecule has 174 valence electrons. The Hall–Kier alpha value is -1.94. The molecule has 0 spiro atoms. The van der Waals surface area contributed by atoms with Gasteiger partial charge in [-0.25, -0.2) is 8.42 Å². The molecule has 32 heavy (non-hydrogen) atoms. The highest BCUT2D eigenvalue weighted by Gasteiger charge is 2.30. The van der Waals surface area contributed by atoms with Crippen molar-refractivity contribution in [2.24, 2.45) is 0 Å². The second-order valence-electron chi connectivity index (χ2n) is 7.71. The van der Waals surface area contributed by atoms with Crippen LogP contribution in [0.15, 0.2) is 57.9 Å². The van der Waals surface area contributed by atoms with Gasteiger partial charge in [0, 0.05) is 29.1 Å². The van der Waals surface area contributed by atoms with Crippen molar-refractivity contribution in [3.8, 4) is 0 Å². The Labute approximate surface area is 202 Å². The maximum absolute atomic E-state index is 13.2. The van der Waals surface area contributed by atoms with Crippen LogP contribution in [0.4, 0.5) is 0 Å². The molecule has 0 aliphatic heterocycles. The standard InChI is InChI=1S/C22H27BrClN3O4S/c1-15(2)25-22(29)16(3)27(13-17-6-5-7-18(23)12-17)21(28)14-26(4)32(30,31)20-10-8-19(24)9-11-20/h5-12,15-16H,13-14H2,1-4H3,(H,25,29)/t16-/m1/s1. The van der Waals surface area contributed by atoms with Crippen LogP contribution in [0.1, 0.15) is 26.3 Å².